The molecule has 0 aromatic heterocycles. The molecule has 0 aliphatic carbocycles. The van der Waals surface area contributed by atoms with E-state index in [1.165, 1.54) is 11.6 Å². The molecule has 31 heavy (non-hydrogen) atoms. The predicted octanol–water partition coefficient (Wildman–Crippen LogP) is 5.84. The molecule has 1 atom stereocenters. The summed E-state index contributed by atoms with van der Waals surface area (Å²) < 4.78 is 51.2. The smallest absolute Gasteiger partial charge is 0.416 e. The fourth-order valence-corrected chi connectivity index (χ4v) is 3.86. The van der Waals surface area contributed by atoms with Crippen molar-refractivity contribution in [3.05, 3.63) is 71.3 Å². The molecule has 0 fully saturated rings. The second-order valence-corrected chi connectivity index (χ2v) is 7.79. The molecule has 2 aromatic rings. The van der Waals surface area contributed by atoms with Gasteiger partial charge in [-0.2, -0.15) is 13.2 Å². The molecule has 0 radical (unpaired) electrons. The largest absolute Gasteiger partial charge is 0.492 e. The SMILES string of the molecule is CCOC(C)Cc1ccc(OCCN2CC=C(c3ccccc3C(F)(F)F)CC2)cc1. The maximum absolute atomic E-state index is 13.3. The Bertz CT molecular complexity index is 862. The lowest BCUT2D eigenvalue weighted by atomic mass is 9.94. The molecular weight excluding hydrogens is 403 g/mol. The zero-order valence-corrected chi connectivity index (χ0v) is 18.1. The molecule has 1 aliphatic rings. The lowest BCUT2D eigenvalue weighted by Crippen LogP contribution is -2.32. The average Bonchev–Trinajstić information content (AvgIpc) is 2.75. The standard InChI is InChI=1S/C25H30F3NO2/c1-3-30-19(2)18-20-8-10-22(11-9-20)31-17-16-29-14-12-21(13-15-29)23-6-4-5-7-24(23)25(26,27)28/h4-12,19H,3,13-18H2,1-2H3. The Balaban J connectivity index is 1.47. The van der Waals surface area contributed by atoms with Crippen LogP contribution in [0.1, 0.15) is 37.0 Å². The highest BCUT2D eigenvalue weighted by Gasteiger charge is 2.34. The zero-order chi connectivity index (χ0) is 22.3. The van der Waals surface area contributed by atoms with Crippen LogP contribution < -0.4 is 4.74 Å². The molecule has 0 spiro atoms. The van der Waals surface area contributed by atoms with Crippen LogP contribution in [0.25, 0.3) is 5.57 Å². The van der Waals surface area contributed by atoms with E-state index in [4.69, 9.17) is 9.47 Å². The molecule has 1 aliphatic heterocycles. The summed E-state index contributed by atoms with van der Waals surface area (Å²) in [5.41, 5.74) is 1.71. The number of hydrogen-bond donors (Lipinski definition) is 0. The Hall–Kier alpha value is -2.31. The van der Waals surface area contributed by atoms with E-state index in [9.17, 15) is 13.2 Å². The first-order valence-electron chi connectivity index (χ1n) is 10.8. The van der Waals surface area contributed by atoms with Gasteiger partial charge in [-0.25, -0.2) is 0 Å². The van der Waals surface area contributed by atoms with E-state index in [1.807, 2.05) is 25.1 Å². The normalized spacial score (nSPS) is 16.1. The summed E-state index contributed by atoms with van der Waals surface area (Å²) in [5, 5.41) is 0. The summed E-state index contributed by atoms with van der Waals surface area (Å²) in [7, 11) is 0. The van der Waals surface area contributed by atoms with Gasteiger partial charge in [-0.1, -0.05) is 36.4 Å². The summed E-state index contributed by atoms with van der Waals surface area (Å²) >= 11 is 0. The van der Waals surface area contributed by atoms with E-state index < -0.39 is 11.7 Å². The van der Waals surface area contributed by atoms with Crippen molar-refractivity contribution >= 4 is 5.57 Å². The molecule has 3 rings (SSSR count). The first kappa shape index (κ1) is 23.4. The van der Waals surface area contributed by atoms with Gasteiger partial charge in [-0.15, -0.1) is 0 Å². The van der Waals surface area contributed by atoms with Gasteiger partial charge in [0.05, 0.1) is 11.7 Å². The number of ether oxygens (including phenoxy) is 2. The number of hydrogen-bond acceptors (Lipinski definition) is 3. The molecule has 1 unspecified atom stereocenters. The van der Waals surface area contributed by atoms with Crippen LogP contribution >= 0.6 is 0 Å². The third-order valence-electron chi connectivity index (χ3n) is 5.45. The summed E-state index contributed by atoms with van der Waals surface area (Å²) in [5.74, 6) is 0.820. The molecular formula is C25H30F3NO2. The third-order valence-corrected chi connectivity index (χ3v) is 5.45. The lowest BCUT2D eigenvalue weighted by Gasteiger charge is -2.27. The Morgan fingerprint density at radius 2 is 1.81 bits per heavy atom. The minimum atomic E-state index is -4.33. The van der Waals surface area contributed by atoms with Crippen molar-refractivity contribution in [3.63, 3.8) is 0 Å². The van der Waals surface area contributed by atoms with E-state index in [-0.39, 0.29) is 6.10 Å². The average molecular weight is 434 g/mol. The van der Waals surface area contributed by atoms with Gasteiger partial charge in [0.25, 0.3) is 0 Å². The molecule has 0 saturated heterocycles. The quantitative estimate of drug-likeness (QED) is 0.496. The molecule has 0 bridgehead atoms. The molecule has 0 N–H and O–H groups in total. The minimum absolute atomic E-state index is 0.192. The first-order chi connectivity index (χ1) is 14.9. The van der Waals surface area contributed by atoms with Crippen LogP contribution in [0, 0.1) is 0 Å². The van der Waals surface area contributed by atoms with Gasteiger partial charge < -0.3 is 9.47 Å². The van der Waals surface area contributed by atoms with Crippen molar-refractivity contribution in [1.29, 1.82) is 0 Å². The number of halogens is 3. The molecule has 168 valence electrons. The molecule has 6 heteroatoms. The number of benzene rings is 2. The van der Waals surface area contributed by atoms with Crippen LogP contribution in [-0.2, 0) is 17.3 Å². The fourth-order valence-electron chi connectivity index (χ4n) is 3.86. The molecule has 0 amide bonds. The van der Waals surface area contributed by atoms with Gasteiger partial charge in [0.1, 0.15) is 12.4 Å². The van der Waals surface area contributed by atoms with Crippen LogP contribution in [0.3, 0.4) is 0 Å². The Morgan fingerprint density at radius 1 is 1.06 bits per heavy atom. The number of rotatable bonds is 9. The second kappa shape index (κ2) is 10.8. The van der Waals surface area contributed by atoms with E-state index in [2.05, 4.69) is 24.0 Å². The van der Waals surface area contributed by atoms with Crippen molar-refractivity contribution in [2.24, 2.45) is 0 Å². The molecule has 3 nitrogen and oxygen atoms in total. The Morgan fingerprint density at radius 3 is 2.45 bits per heavy atom. The van der Waals surface area contributed by atoms with E-state index in [1.54, 1.807) is 12.1 Å². The highest BCUT2D eigenvalue weighted by molar-refractivity contribution is 5.69. The van der Waals surface area contributed by atoms with Gasteiger partial charge in [0, 0.05) is 26.2 Å². The maximum Gasteiger partial charge on any atom is 0.416 e. The van der Waals surface area contributed by atoms with Crippen LogP contribution in [0.5, 0.6) is 5.75 Å². The summed E-state index contributed by atoms with van der Waals surface area (Å²) in [6, 6.07) is 13.9. The number of nitrogens with zero attached hydrogens (tertiary/aromatic N) is 1. The fraction of sp³-hybridized carbons (Fsp3) is 0.440. The van der Waals surface area contributed by atoms with Gasteiger partial charge in [-0.05, 0) is 61.6 Å². The Labute approximate surface area is 182 Å². The van der Waals surface area contributed by atoms with Crippen molar-refractivity contribution in [1.82, 2.24) is 4.90 Å². The minimum Gasteiger partial charge on any atom is -0.492 e. The lowest BCUT2D eigenvalue weighted by molar-refractivity contribution is -0.137. The van der Waals surface area contributed by atoms with Crippen molar-refractivity contribution in [3.8, 4) is 5.75 Å². The van der Waals surface area contributed by atoms with Crippen molar-refractivity contribution < 1.29 is 22.6 Å². The summed E-state index contributed by atoms with van der Waals surface area (Å²) in [6.07, 6.45) is -0.771. The summed E-state index contributed by atoms with van der Waals surface area (Å²) in [6.45, 7) is 7.38. The van der Waals surface area contributed by atoms with Gasteiger partial charge in [0.15, 0.2) is 0 Å². The predicted molar refractivity (Wildman–Crippen MR) is 117 cm³/mol. The highest BCUT2D eigenvalue weighted by atomic mass is 19.4. The van der Waals surface area contributed by atoms with Crippen molar-refractivity contribution in [2.45, 2.75) is 39.0 Å². The topological polar surface area (TPSA) is 21.7 Å². The van der Waals surface area contributed by atoms with Crippen LogP contribution in [0.4, 0.5) is 13.2 Å². The molecule has 2 aromatic carbocycles. The van der Waals surface area contributed by atoms with E-state index >= 15 is 0 Å². The zero-order valence-electron chi connectivity index (χ0n) is 18.1. The Kier molecular flexibility index (Phi) is 8.15. The van der Waals surface area contributed by atoms with Crippen molar-refractivity contribution in [2.75, 3.05) is 32.8 Å². The third kappa shape index (κ3) is 6.84. The highest BCUT2D eigenvalue weighted by Crippen LogP contribution is 2.36. The van der Waals surface area contributed by atoms with Gasteiger partial charge >= 0.3 is 6.18 Å². The van der Waals surface area contributed by atoms with Gasteiger partial charge in [0.2, 0.25) is 0 Å². The summed E-state index contributed by atoms with van der Waals surface area (Å²) in [4.78, 5) is 2.19. The maximum atomic E-state index is 13.3. The first-order valence-corrected chi connectivity index (χ1v) is 10.8. The van der Waals surface area contributed by atoms with Crippen LogP contribution in [0.2, 0.25) is 0 Å². The van der Waals surface area contributed by atoms with Crippen LogP contribution in [0.15, 0.2) is 54.6 Å². The number of alkyl halides is 3. The second-order valence-electron chi connectivity index (χ2n) is 7.79. The van der Waals surface area contributed by atoms with E-state index in [0.29, 0.717) is 31.7 Å². The van der Waals surface area contributed by atoms with Crippen LogP contribution in [-0.4, -0.2) is 43.9 Å². The molecule has 0 saturated carbocycles. The van der Waals surface area contributed by atoms with E-state index in [0.717, 1.165) is 36.9 Å². The van der Waals surface area contributed by atoms with Gasteiger partial charge in [-0.3, -0.25) is 4.90 Å². The monoisotopic (exact) mass is 433 g/mol. The molecule has 1 heterocycles.